The number of amides is 2. The number of hydrogen-bond acceptors (Lipinski definition) is 5. The first-order valence-corrected chi connectivity index (χ1v) is 13.0. The number of fused-ring (bicyclic) bond motifs is 3. The van der Waals surface area contributed by atoms with Gasteiger partial charge in [-0.2, -0.15) is 0 Å². The van der Waals surface area contributed by atoms with Gasteiger partial charge in [0.05, 0.1) is 30.4 Å². The Kier molecular flexibility index (Phi) is 6.15. The number of urea groups is 1. The number of pyridine rings is 1. The van der Waals surface area contributed by atoms with Crippen LogP contribution in [0.4, 0.5) is 10.5 Å². The molecule has 0 spiro atoms. The molecule has 2 aromatic heterocycles. The van der Waals surface area contributed by atoms with Crippen LogP contribution in [0.1, 0.15) is 43.0 Å². The van der Waals surface area contributed by atoms with Gasteiger partial charge in [0.25, 0.3) is 0 Å². The molecule has 2 aliphatic rings. The minimum absolute atomic E-state index is 0.00223. The molecule has 2 unspecified atom stereocenters. The number of H-pyrrole nitrogens is 1. The number of anilines is 1. The number of ether oxygens (including phenoxy) is 1. The van der Waals surface area contributed by atoms with Crippen molar-refractivity contribution in [2.75, 3.05) is 12.4 Å². The second-order valence-corrected chi connectivity index (χ2v) is 10.2. The first-order chi connectivity index (χ1) is 18.5. The lowest BCUT2D eigenvalue weighted by Crippen LogP contribution is -2.49. The lowest BCUT2D eigenvalue weighted by molar-refractivity contribution is 0.134. The molecular formula is C29H31N5O4. The van der Waals surface area contributed by atoms with Crippen molar-refractivity contribution < 1.29 is 14.6 Å². The third kappa shape index (κ3) is 4.12. The van der Waals surface area contributed by atoms with E-state index in [1.807, 2.05) is 58.9 Å². The van der Waals surface area contributed by atoms with Gasteiger partial charge in [-0.25, -0.2) is 9.59 Å². The number of carbonyl (C=O) groups is 1. The average Bonchev–Trinajstić information content (AvgIpc) is 3.41. The lowest BCUT2D eigenvalue weighted by Gasteiger charge is -2.39. The van der Waals surface area contributed by atoms with Crippen molar-refractivity contribution in [2.45, 2.75) is 57.3 Å². The number of rotatable bonds is 5. The van der Waals surface area contributed by atoms with Crippen LogP contribution in [-0.2, 0) is 6.61 Å². The quantitative estimate of drug-likeness (QED) is 0.361. The number of imidazole rings is 1. The fraction of sp³-hybridized carbons (Fsp3) is 0.345. The number of aliphatic hydroxyl groups is 1. The summed E-state index contributed by atoms with van der Waals surface area (Å²) in [5.41, 5.74) is 5.58. The van der Waals surface area contributed by atoms with Crippen LogP contribution >= 0.6 is 0 Å². The Morgan fingerprint density at radius 2 is 1.92 bits per heavy atom. The van der Waals surface area contributed by atoms with Gasteiger partial charge < -0.3 is 25.0 Å². The zero-order valence-corrected chi connectivity index (χ0v) is 21.5. The molecule has 2 bridgehead atoms. The summed E-state index contributed by atoms with van der Waals surface area (Å²) in [5.74, 6) is 0.739. The Hall–Kier alpha value is -4.11. The van der Waals surface area contributed by atoms with Crippen molar-refractivity contribution in [2.24, 2.45) is 0 Å². The molecule has 0 radical (unpaired) electrons. The Morgan fingerprint density at radius 1 is 1.13 bits per heavy atom. The largest absolute Gasteiger partial charge is 0.496 e. The van der Waals surface area contributed by atoms with Gasteiger partial charge in [0, 0.05) is 47.2 Å². The minimum atomic E-state index is -0.138. The Bertz CT molecular complexity index is 1540. The van der Waals surface area contributed by atoms with Gasteiger partial charge in [-0.15, -0.1) is 0 Å². The van der Waals surface area contributed by atoms with E-state index in [1.54, 1.807) is 19.4 Å². The maximum atomic E-state index is 13.3. The second-order valence-electron chi connectivity index (χ2n) is 10.2. The van der Waals surface area contributed by atoms with Crippen molar-refractivity contribution in [3.05, 3.63) is 76.5 Å². The van der Waals surface area contributed by atoms with Gasteiger partial charge in [0.2, 0.25) is 0 Å². The van der Waals surface area contributed by atoms with Crippen molar-refractivity contribution in [1.29, 1.82) is 0 Å². The number of para-hydroxylation sites is 1. The van der Waals surface area contributed by atoms with E-state index in [2.05, 4.69) is 15.3 Å². The van der Waals surface area contributed by atoms with Crippen LogP contribution in [0.25, 0.3) is 22.2 Å². The van der Waals surface area contributed by atoms with Crippen molar-refractivity contribution in [1.82, 2.24) is 19.4 Å². The molecule has 2 saturated heterocycles. The molecule has 196 valence electrons. The first-order valence-electron chi connectivity index (χ1n) is 13.0. The predicted molar refractivity (Wildman–Crippen MR) is 145 cm³/mol. The summed E-state index contributed by atoms with van der Waals surface area (Å²) in [7, 11) is 1.62. The standard InChI is InChI=1S/C29H31N5O4/c1-17-6-8-19(12-26(17)38-2)31-28(36)33-21-10-11-22(33)14-23(13-21)34-25-5-3-4-24(27(25)32-29(34)37)18-7-9-20(16-35)30-15-18/h3-9,12,15,21-23,35H,10-11,13-14,16H2,1-2H3,(H,31,36)(H,32,37). The fourth-order valence-electron chi connectivity index (χ4n) is 6.21. The van der Waals surface area contributed by atoms with Crippen LogP contribution < -0.4 is 15.7 Å². The van der Waals surface area contributed by atoms with Crippen LogP contribution in [-0.4, -0.2) is 49.8 Å². The van der Waals surface area contributed by atoms with Crippen molar-refractivity contribution >= 4 is 22.8 Å². The summed E-state index contributed by atoms with van der Waals surface area (Å²) in [6, 6.07) is 15.3. The zero-order valence-electron chi connectivity index (χ0n) is 21.5. The molecule has 2 amide bonds. The topological polar surface area (TPSA) is 112 Å². The van der Waals surface area contributed by atoms with Crippen LogP contribution in [0.2, 0.25) is 0 Å². The van der Waals surface area contributed by atoms with Crippen molar-refractivity contribution in [3.63, 3.8) is 0 Å². The highest BCUT2D eigenvalue weighted by molar-refractivity contribution is 5.92. The molecule has 2 aromatic carbocycles. The highest BCUT2D eigenvalue weighted by atomic mass is 16.5. The molecule has 38 heavy (non-hydrogen) atoms. The number of aromatic nitrogens is 3. The van der Waals surface area contributed by atoms with E-state index in [0.29, 0.717) is 11.4 Å². The van der Waals surface area contributed by atoms with Gasteiger partial charge in [-0.3, -0.25) is 9.55 Å². The van der Waals surface area contributed by atoms with E-state index >= 15 is 0 Å². The van der Waals surface area contributed by atoms with Gasteiger partial charge in [0.15, 0.2) is 0 Å². The molecule has 0 saturated carbocycles. The molecule has 4 heterocycles. The minimum Gasteiger partial charge on any atom is -0.496 e. The Labute approximate surface area is 220 Å². The Balaban J connectivity index is 1.25. The molecule has 9 nitrogen and oxygen atoms in total. The normalized spacial score (nSPS) is 20.6. The monoisotopic (exact) mass is 513 g/mol. The number of nitrogens with zero attached hydrogens (tertiary/aromatic N) is 3. The number of benzene rings is 2. The van der Waals surface area contributed by atoms with Crippen LogP contribution in [0, 0.1) is 6.92 Å². The number of aryl methyl sites for hydroxylation is 1. The van der Waals surface area contributed by atoms with Crippen LogP contribution in [0.3, 0.4) is 0 Å². The van der Waals surface area contributed by atoms with Crippen LogP contribution in [0.5, 0.6) is 5.75 Å². The maximum absolute atomic E-state index is 13.3. The lowest BCUT2D eigenvalue weighted by atomic mass is 9.97. The van der Waals surface area contributed by atoms with E-state index in [-0.39, 0.29) is 36.5 Å². The molecule has 6 rings (SSSR count). The highest BCUT2D eigenvalue weighted by Crippen LogP contribution is 2.42. The van der Waals surface area contributed by atoms with Gasteiger partial charge in [-0.05, 0) is 56.4 Å². The van der Waals surface area contributed by atoms with E-state index < -0.39 is 0 Å². The SMILES string of the molecule is COc1cc(NC(=O)N2C3CCC2CC(n2c(=O)[nH]c4c(-c5ccc(CO)nc5)cccc42)C3)ccc1C. The Morgan fingerprint density at radius 3 is 2.61 bits per heavy atom. The smallest absolute Gasteiger partial charge is 0.326 e. The number of methoxy groups -OCH3 is 1. The first kappa shape index (κ1) is 24.2. The molecule has 0 aliphatic carbocycles. The third-order valence-corrected chi connectivity index (χ3v) is 8.02. The number of hydrogen-bond donors (Lipinski definition) is 3. The third-order valence-electron chi connectivity index (χ3n) is 8.02. The number of nitrogens with one attached hydrogen (secondary N) is 2. The second kappa shape index (κ2) is 9.64. The van der Waals surface area contributed by atoms with E-state index in [0.717, 1.165) is 59.2 Å². The summed E-state index contributed by atoms with van der Waals surface area (Å²) >= 11 is 0. The molecular weight excluding hydrogens is 482 g/mol. The molecule has 9 heteroatoms. The van der Waals surface area contributed by atoms with E-state index in [1.165, 1.54) is 0 Å². The van der Waals surface area contributed by atoms with Gasteiger partial charge in [-0.1, -0.05) is 24.3 Å². The summed E-state index contributed by atoms with van der Waals surface area (Å²) in [6.07, 6.45) is 5.03. The highest BCUT2D eigenvalue weighted by Gasteiger charge is 2.44. The number of carbonyl (C=O) groups excluding carboxylic acids is 1. The number of piperidine rings is 1. The summed E-state index contributed by atoms with van der Waals surface area (Å²) in [4.78, 5) is 35.9. The van der Waals surface area contributed by atoms with E-state index in [9.17, 15) is 14.7 Å². The maximum Gasteiger partial charge on any atom is 0.326 e. The number of aliphatic hydroxyl groups excluding tert-OH is 1. The number of aromatic amines is 1. The molecule has 2 fully saturated rings. The van der Waals surface area contributed by atoms with Gasteiger partial charge in [0.1, 0.15) is 5.75 Å². The summed E-state index contributed by atoms with van der Waals surface area (Å²) in [5, 5.41) is 12.4. The van der Waals surface area contributed by atoms with E-state index in [4.69, 9.17) is 4.74 Å². The summed E-state index contributed by atoms with van der Waals surface area (Å²) in [6.45, 7) is 1.85. The molecule has 2 aliphatic heterocycles. The summed E-state index contributed by atoms with van der Waals surface area (Å²) < 4.78 is 7.28. The predicted octanol–water partition coefficient (Wildman–Crippen LogP) is 4.60. The fourth-order valence-corrected chi connectivity index (χ4v) is 6.21. The zero-order chi connectivity index (χ0) is 26.4. The molecule has 4 aromatic rings. The molecule has 3 N–H and O–H groups in total. The average molecular weight is 514 g/mol. The van der Waals surface area contributed by atoms with Crippen LogP contribution in [0.15, 0.2) is 59.5 Å². The molecule has 2 atom stereocenters. The van der Waals surface area contributed by atoms with Crippen molar-refractivity contribution in [3.8, 4) is 16.9 Å². The van der Waals surface area contributed by atoms with Gasteiger partial charge >= 0.3 is 11.7 Å².